The van der Waals surface area contributed by atoms with Crippen molar-refractivity contribution in [2.24, 2.45) is 0 Å². The van der Waals surface area contributed by atoms with E-state index in [-0.39, 0.29) is 11.4 Å². The maximum Gasteiger partial charge on any atom is 0.240 e. The van der Waals surface area contributed by atoms with Gasteiger partial charge in [0.05, 0.1) is 18.1 Å². The summed E-state index contributed by atoms with van der Waals surface area (Å²) in [5.74, 6) is 0. The fraction of sp³-hybridized carbons (Fsp3) is 0.385. The first-order valence-corrected chi connectivity index (χ1v) is 8.19. The molecule has 1 aromatic carbocycles. The second kappa shape index (κ2) is 7.79. The van der Waals surface area contributed by atoms with E-state index in [1.807, 2.05) is 6.92 Å². The molecule has 0 aliphatic heterocycles. The average molecular weight is 348 g/mol. The maximum absolute atomic E-state index is 12.0. The van der Waals surface area contributed by atoms with Gasteiger partial charge < -0.3 is 4.74 Å². The van der Waals surface area contributed by atoms with Gasteiger partial charge in [-0.05, 0) is 37.1 Å². The smallest absolute Gasteiger partial charge is 0.240 e. The van der Waals surface area contributed by atoms with Crippen molar-refractivity contribution < 1.29 is 13.2 Å². The van der Waals surface area contributed by atoms with Gasteiger partial charge in [0.1, 0.15) is 0 Å². The average Bonchev–Trinajstić information content (AvgIpc) is 2.36. The molecule has 1 rings (SSSR count). The maximum atomic E-state index is 12.0. The molecule has 0 saturated carbocycles. The minimum absolute atomic E-state index is 0.259. The Morgan fingerprint density at radius 1 is 1.42 bits per heavy atom. The number of benzene rings is 1. The summed E-state index contributed by atoms with van der Waals surface area (Å²) in [7, 11) is -3.46. The number of sulfonamides is 1. The topological polar surface area (TPSA) is 55.4 Å². The lowest BCUT2D eigenvalue weighted by atomic mass is 10.2. The minimum Gasteiger partial charge on any atom is -0.380 e. The molecule has 6 heteroatoms. The van der Waals surface area contributed by atoms with Crippen LogP contribution >= 0.6 is 15.9 Å². The molecule has 0 amide bonds. The summed E-state index contributed by atoms with van der Waals surface area (Å²) < 4.78 is 32.6. The number of aryl methyl sites for hydroxylation is 1. The van der Waals surface area contributed by atoms with Crippen LogP contribution in [0, 0.1) is 6.92 Å². The van der Waals surface area contributed by atoms with Crippen LogP contribution in [0.4, 0.5) is 0 Å². The van der Waals surface area contributed by atoms with Crippen LogP contribution in [0.2, 0.25) is 0 Å². The van der Waals surface area contributed by atoms with Crippen LogP contribution < -0.4 is 4.72 Å². The Labute approximate surface area is 123 Å². The Kier molecular flexibility index (Phi) is 6.71. The van der Waals surface area contributed by atoms with E-state index >= 15 is 0 Å². The molecule has 0 spiro atoms. The zero-order valence-corrected chi connectivity index (χ0v) is 13.3. The van der Waals surface area contributed by atoms with Gasteiger partial charge >= 0.3 is 0 Å². The molecule has 0 bridgehead atoms. The van der Waals surface area contributed by atoms with Crippen LogP contribution in [0.3, 0.4) is 0 Å². The first-order chi connectivity index (χ1) is 8.97. The highest BCUT2D eigenvalue weighted by Gasteiger charge is 2.13. The molecule has 0 atom stereocenters. The number of rotatable bonds is 8. The van der Waals surface area contributed by atoms with E-state index in [9.17, 15) is 8.42 Å². The lowest BCUT2D eigenvalue weighted by Gasteiger charge is -2.08. The van der Waals surface area contributed by atoms with Gasteiger partial charge in [0.15, 0.2) is 0 Å². The SMILES string of the molecule is C=CCCOCCNS(=O)(=O)c1ccc(Br)c(C)c1. The molecular weight excluding hydrogens is 330 g/mol. The summed E-state index contributed by atoms with van der Waals surface area (Å²) in [5.41, 5.74) is 0.880. The standard InChI is InChI=1S/C13H18BrNO3S/c1-3-4-8-18-9-7-15-19(16,17)12-5-6-13(14)11(2)10-12/h3,5-6,10,15H,1,4,7-9H2,2H3. The van der Waals surface area contributed by atoms with E-state index < -0.39 is 10.0 Å². The van der Waals surface area contributed by atoms with Gasteiger partial charge in [-0.25, -0.2) is 13.1 Å². The Balaban J connectivity index is 2.51. The first-order valence-electron chi connectivity index (χ1n) is 5.92. The van der Waals surface area contributed by atoms with Gasteiger partial charge in [-0.3, -0.25) is 0 Å². The molecule has 1 N–H and O–H groups in total. The zero-order valence-electron chi connectivity index (χ0n) is 10.9. The van der Waals surface area contributed by atoms with Crippen molar-refractivity contribution in [1.82, 2.24) is 4.72 Å². The van der Waals surface area contributed by atoms with E-state index in [1.54, 1.807) is 24.3 Å². The van der Waals surface area contributed by atoms with Crippen molar-refractivity contribution in [3.05, 3.63) is 40.9 Å². The molecule has 4 nitrogen and oxygen atoms in total. The molecule has 19 heavy (non-hydrogen) atoms. The Morgan fingerprint density at radius 2 is 2.16 bits per heavy atom. The third-order valence-electron chi connectivity index (χ3n) is 2.44. The Morgan fingerprint density at radius 3 is 2.79 bits per heavy atom. The molecule has 106 valence electrons. The van der Waals surface area contributed by atoms with Crippen molar-refractivity contribution in [1.29, 1.82) is 0 Å². The number of ether oxygens (including phenoxy) is 1. The molecule has 0 heterocycles. The summed E-state index contributed by atoms with van der Waals surface area (Å²) in [6.45, 7) is 6.59. The summed E-state index contributed by atoms with van der Waals surface area (Å²) >= 11 is 3.34. The molecule has 0 radical (unpaired) electrons. The fourth-order valence-corrected chi connectivity index (χ4v) is 2.73. The van der Waals surface area contributed by atoms with Gasteiger partial charge in [-0.2, -0.15) is 0 Å². The molecule has 0 aromatic heterocycles. The predicted molar refractivity (Wildman–Crippen MR) is 79.7 cm³/mol. The van der Waals surface area contributed by atoms with E-state index in [0.29, 0.717) is 13.2 Å². The van der Waals surface area contributed by atoms with Crippen molar-refractivity contribution >= 4 is 26.0 Å². The number of halogens is 1. The van der Waals surface area contributed by atoms with E-state index in [2.05, 4.69) is 27.2 Å². The summed E-state index contributed by atoms with van der Waals surface area (Å²) in [6.07, 6.45) is 2.52. The summed E-state index contributed by atoms with van der Waals surface area (Å²) in [4.78, 5) is 0.263. The Hall–Kier alpha value is -0.690. The monoisotopic (exact) mass is 347 g/mol. The van der Waals surface area contributed by atoms with Crippen molar-refractivity contribution in [3.63, 3.8) is 0 Å². The van der Waals surface area contributed by atoms with Gasteiger partial charge in [-0.15, -0.1) is 6.58 Å². The summed E-state index contributed by atoms with van der Waals surface area (Å²) in [6, 6.07) is 4.92. The van der Waals surface area contributed by atoms with E-state index in [1.165, 1.54) is 0 Å². The van der Waals surface area contributed by atoms with Crippen LogP contribution in [0.25, 0.3) is 0 Å². The molecule has 0 fully saturated rings. The number of hydrogen-bond acceptors (Lipinski definition) is 3. The predicted octanol–water partition coefficient (Wildman–Crippen LogP) is 2.63. The molecule has 0 unspecified atom stereocenters. The number of nitrogens with one attached hydrogen (secondary N) is 1. The van der Waals surface area contributed by atoms with Crippen LogP contribution in [0.1, 0.15) is 12.0 Å². The van der Waals surface area contributed by atoms with E-state index in [4.69, 9.17) is 4.74 Å². The molecular formula is C13H18BrNO3S. The van der Waals surface area contributed by atoms with Crippen LogP contribution in [-0.4, -0.2) is 28.2 Å². The quantitative estimate of drug-likeness (QED) is 0.580. The third-order valence-corrected chi connectivity index (χ3v) is 4.79. The van der Waals surface area contributed by atoms with Gasteiger partial charge in [0.2, 0.25) is 10.0 Å². The molecule has 0 aliphatic rings. The van der Waals surface area contributed by atoms with Crippen molar-refractivity contribution in [2.45, 2.75) is 18.2 Å². The van der Waals surface area contributed by atoms with Crippen LogP contribution in [0.15, 0.2) is 40.2 Å². The van der Waals surface area contributed by atoms with Gasteiger partial charge in [0.25, 0.3) is 0 Å². The van der Waals surface area contributed by atoms with E-state index in [0.717, 1.165) is 16.5 Å². The molecule has 0 aliphatic carbocycles. The normalized spacial score (nSPS) is 11.5. The van der Waals surface area contributed by atoms with Crippen LogP contribution in [0.5, 0.6) is 0 Å². The number of hydrogen-bond donors (Lipinski definition) is 1. The van der Waals surface area contributed by atoms with Gasteiger partial charge in [-0.1, -0.05) is 22.0 Å². The van der Waals surface area contributed by atoms with Crippen molar-refractivity contribution in [3.8, 4) is 0 Å². The largest absolute Gasteiger partial charge is 0.380 e. The lowest BCUT2D eigenvalue weighted by molar-refractivity contribution is 0.144. The highest BCUT2D eigenvalue weighted by Crippen LogP contribution is 2.19. The Bertz CT molecular complexity index is 529. The third kappa shape index (κ3) is 5.44. The minimum atomic E-state index is -3.46. The van der Waals surface area contributed by atoms with Gasteiger partial charge in [0, 0.05) is 11.0 Å². The molecule has 1 aromatic rings. The molecule has 0 saturated heterocycles. The van der Waals surface area contributed by atoms with Crippen LogP contribution in [-0.2, 0) is 14.8 Å². The summed E-state index contributed by atoms with van der Waals surface area (Å²) in [5, 5.41) is 0. The second-order valence-electron chi connectivity index (χ2n) is 4.00. The zero-order chi connectivity index (χ0) is 14.3. The highest BCUT2D eigenvalue weighted by atomic mass is 79.9. The lowest BCUT2D eigenvalue weighted by Crippen LogP contribution is -2.27. The fourth-order valence-electron chi connectivity index (χ4n) is 1.38. The second-order valence-corrected chi connectivity index (χ2v) is 6.62. The van der Waals surface area contributed by atoms with Crippen molar-refractivity contribution in [2.75, 3.05) is 19.8 Å². The first kappa shape index (κ1) is 16.4. The highest BCUT2D eigenvalue weighted by molar-refractivity contribution is 9.10.